The van der Waals surface area contributed by atoms with Crippen molar-refractivity contribution in [3.63, 3.8) is 0 Å². The van der Waals surface area contributed by atoms with Gasteiger partial charge >= 0.3 is 0 Å². The average Bonchev–Trinajstić information content (AvgIpc) is 3.35. The van der Waals surface area contributed by atoms with Crippen molar-refractivity contribution in [3.05, 3.63) is 52.9 Å². The Labute approximate surface area is 193 Å². The van der Waals surface area contributed by atoms with E-state index in [4.69, 9.17) is 0 Å². The number of nitrogens with zero attached hydrogens (tertiary/aromatic N) is 2. The molecule has 1 atom stereocenters. The molecule has 1 aromatic carbocycles. The van der Waals surface area contributed by atoms with E-state index in [1.165, 1.54) is 15.6 Å². The lowest BCUT2D eigenvalue weighted by molar-refractivity contribution is -0.137. The summed E-state index contributed by atoms with van der Waals surface area (Å²) in [5.74, 6) is -0.356. The fraction of sp³-hybridized carbons (Fsp3) is 0.478. The minimum absolute atomic E-state index is 0.0276. The standard InChI is InChI=1S/C23H29N3O4S2/c1-17-6-2-3-8-20(17)22(27)24-19-10-13-25(14-11-19)23(28)18-7-4-12-26(16-18)32(29,30)21-9-5-15-31-21/h2-3,5-6,8-9,15,18-19H,4,7,10-14,16H2,1H3,(H,24,27). The van der Waals surface area contributed by atoms with Gasteiger partial charge in [0, 0.05) is 37.8 Å². The first-order chi connectivity index (χ1) is 15.4. The monoisotopic (exact) mass is 475 g/mol. The Morgan fingerprint density at radius 1 is 1.03 bits per heavy atom. The van der Waals surface area contributed by atoms with Crippen LogP contribution in [0, 0.1) is 12.8 Å². The van der Waals surface area contributed by atoms with Crippen LogP contribution in [0.2, 0.25) is 0 Å². The van der Waals surface area contributed by atoms with Crippen LogP contribution < -0.4 is 5.32 Å². The summed E-state index contributed by atoms with van der Waals surface area (Å²) in [5.41, 5.74) is 1.62. The molecule has 1 aromatic heterocycles. The number of likely N-dealkylation sites (tertiary alicyclic amines) is 1. The molecule has 172 valence electrons. The van der Waals surface area contributed by atoms with Crippen LogP contribution in [0.5, 0.6) is 0 Å². The normalized spacial score (nSPS) is 20.8. The van der Waals surface area contributed by atoms with Crippen LogP contribution >= 0.6 is 11.3 Å². The van der Waals surface area contributed by atoms with Gasteiger partial charge in [0.15, 0.2) is 0 Å². The molecule has 2 saturated heterocycles. The Bertz CT molecular complexity index is 1060. The third-order valence-corrected chi connectivity index (χ3v) is 9.59. The predicted octanol–water partition coefficient (Wildman–Crippen LogP) is 2.88. The van der Waals surface area contributed by atoms with Crippen LogP contribution in [-0.2, 0) is 14.8 Å². The van der Waals surface area contributed by atoms with Crippen molar-refractivity contribution in [1.29, 1.82) is 0 Å². The molecule has 3 heterocycles. The number of carbonyl (C=O) groups is 2. The van der Waals surface area contributed by atoms with E-state index in [1.807, 2.05) is 36.1 Å². The second-order valence-electron chi connectivity index (χ2n) is 8.52. The molecule has 2 aliphatic heterocycles. The first kappa shape index (κ1) is 22.9. The fourth-order valence-corrected chi connectivity index (χ4v) is 7.16. The number of sulfonamides is 1. The van der Waals surface area contributed by atoms with E-state index < -0.39 is 10.0 Å². The van der Waals surface area contributed by atoms with E-state index in [0.717, 1.165) is 5.56 Å². The summed E-state index contributed by atoms with van der Waals surface area (Å²) < 4.78 is 27.5. The summed E-state index contributed by atoms with van der Waals surface area (Å²) >= 11 is 1.21. The molecule has 32 heavy (non-hydrogen) atoms. The number of carbonyl (C=O) groups excluding carboxylic acids is 2. The topological polar surface area (TPSA) is 86.8 Å². The van der Waals surface area contributed by atoms with Crippen LogP contribution in [0.1, 0.15) is 41.6 Å². The Kier molecular flexibility index (Phi) is 6.97. The van der Waals surface area contributed by atoms with Gasteiger partial charge in [-0.1, -0.05) is 24.3 Å². The molecular weight excluding hydrogens is 446 g/mol. The Hall–Kier alpha value is -2.23. The van der Waals surface area contributed by atoms with E-state index in [-0.39, 0.29) is 30.3 Å². The van der Waals surface area contributed by atoms with Gasteiger partial charge in [0.1, 0.15) is 4.21 Å². The van der Waals surface area contributed by atoms with E-state index in [1.54, 1.807) is 17.5 Å². The highest BCUT2D eigenvalue weighted by molar-refractivity contribution is 7.91. The van der Waals surface area contributed by atoms with Gasteiger partial charge in [0.2, 0.25) is 5.91 Å². The minimum atomic E-state index is -3.53. The largest absolute Gasteiger partial charge is 0.349 e. The first-order valence-corrected chi connectivity index (χ1v) is 13.4. The zero-order chi connectivity index (χ0) is 22.7. The van der Waals surface area contributed by atoms with Crippen LogP contribution in [-0.4, -0.2) is 61.7 Å². The van der Waals surface area contributed by atoms with E-state index in [0.29, 0.717) is 55.1 Å². The number of thiophene rings is 1. The number of benzene rings is 1. The zero-order valence-corrected chi connectivity index (χ0v) is 19.8. The summed E-state index contributed by atoms with van der Waals surface area (Å²) in [5, 5.41) is 4.85. The van der Waals surface area contributed by atoms with Crippen molar-refractivity contribution in [2.24, 2.45) is 5.92 Å². The number of nitrogens with one attached hydrogen (secondary N) is 1. The molecule has 7 nitrogen and oxygen atoms in total. The van der Waals surface area contributed by atoms with Gasteiger partial charge in [-0.05, 0) is 55.7 Å². The van der Waals surface area contributed by atoms with Gasteiger partial charge in [-0.15, -0.1) is 11.3 Å². The molecule has 2 amide bonds. The molecule has 2 fully saturated rings. The van der Waals surface area contributed by atoms with Gasteiger partial charge < -0.3 is 10.2 Å². The average molecular weight is 476 g/mol. The van der Waals surface area contributed by atoms with E-state index >= 15 is 0 Å². The summed E-state index contributed by atoms with van der Waals surface area (Å²) in [6.07, 6.45) is 2.80. The van der Waals surface area contributed by atoms with Gasteiger partial charge in [0.25, 0.3) is 15.9 Å². The number of hydrogen-bond donors (Lipinski definition) is 1. The molecular formula is C23H29N3O4S2. The van der Waals surface area contributed by atoms with Gasteiger partial charge in [-0.2, -0.15) is 4.31 Å². The maximum absolute atomic E-state index is 13.1. The van der Waals surface area contributed by atoms with Crippen molar-refractivity contribution >= 4 is 33.2 Å². The van der Waals surface area contributed by atoms with E-state index in [2.05, 4.69) is 5.32 Å². The molecule has 0 radical (unpaired) electrons. The molecule has 2 aromatic rings. The second kappa shape index (κ2) is 9.72. The molecule has 1 N–H and O–H groups in total. The Morgan fingerprint density at radius 2 is 1.78 bits per heavy atom. The lowest BCUT2D eigenvalue weighted by Crippen LogP contribution is -2.51. The SMILES string of the molecule is Cc1ccccc1C(=O)NC1CCN(C(=O)C2CCCN(S(=O)(=O)c3cccs3)C2)CC1. The number of piperidine rings is 2. The molecule has 9 heteroatoms. The van der Waals surface area contributed by atoms with Crippen LogP contribution in [0.3, 0.4) is 0 Å². The zero-order valence-electron chi connectivity index (χ0n) is 18.2. The number of hydrogen-bond acceptors (Lipinski definition) is 5. The number of amides is 2. The lowest BCUT2D eigenvalue weighted by Gasteiger charge is -2.37. The molecule has 0 spiro atoms. The molecule has 0 bridgehead atoms. The smallest absolute Gasteiger partial charge is 0.252 e. The Balaban J connectivity index is 1.31. The molecule has 0 saturated carbocycles. The summed E-state index contributed by atoms with van der Waals surface area (Å²) in [7, 11) is -3.53. The Morgan fingerprint density at radius 3 is 2.47 bits per heavy atom. The highest BCUT2D eigenvalue weighted by atomic mass is 32.2. The maximum atomic E-state index is 13.1. The number of aryl methyl sites for hydroxylation is 1. The first-order valence-electron chi connectivity index (χ1n) is 11.0. The van der Waals surface area contributed by atoms with Gasteiger partial charge in [-0.3, -0.25) is 9.59 Å². The molecule has 2 aliphatic rings. The summed E-state index contributed by atoms with van der Waals surface area (Å²) in [4.78, 5) is 27.5. The van der Waals surface area contributed by atoms with Crippen molar-refractivity contribution in [3.8, 4) is 0 Å². The van der Waals surface area contributed by atoms with Crippen molar-refractivity contribution in [2.45, 2.75) is 42.9 Å². The fourth-order valence-electron chi connectivity index (χ4n) is 4.49. The quantitative estimate of drug-likeness (QED) is 0.720. The maximum Gasteiger partial charge on any atom is 0.252 e. The van der Waals surface area contributed by atoms with Gasteiger partial charge in [0.05, 0.1) is 5.92 Å². The summed E-state index contributed by atoms with van der Waals surface area (Å²) in [6, 6.07) is 10.9. The predicted molar refractivity (Wildman–Crippen MR) is 124 cm³/mol. The van der Waals surface area contributed by atoms with Crippen LogP contribution in [0.4, 0.5) is 0 Å². The van der Waals surface area contributed by atoms with Crippen molar-refractivity contribution in [1.82, 2.24) is 14.5 Å². The highest BCUT2D eigenvalue weighted by Crippen LogP contribution is 2.28. The lowest BCUT2D eigenvalue weighted by atomic mass is 9.96. The molecule has 4 rings (SSSR count). The molecule has 0 aliphatic carbocycles. The third kappa shape index (κ3) is 4.89. The molecule has 1 unspecified atom stereocenters. The summed E-state index contributed by atoms with van der Waals surface area (Å²) in [6.45, 7) is 3.76. The van der Waals surface area contributed by atoms with Crippen LogP contribution in [0.15, 0.2) is 46.0 Å². The number of rotatable bonds is 5. The van der Waals surface area contributed by atoms with Gasteiger partial charge in [-0.25, -0.2) is 8.42 Å². The van der Waals surface area contributed by atoms with Crippen LogP contribution in [0.25, 0.3) is 0 Å². The minimum Gasteiger partial charge on any atom is -0.349 e. The second-order valence-corrected chi connectivity index (χ2v) is 11.6. The van der Waals surface area contributed by atoms with E-state index in [9.17, 15) is 18.0 Å². The highest BCUT2D eigenvalue weighted by Gasteiger charge is 2.36. The third-order valence-electron chi connectivity index (χ3n) is 6.35. The van der Waals surface area contributed by atoms with Crippen molar-refractivity contribution < 1.29 is 18.0 Å². The van der Waals surface area contributed by atoms with Crippen molar-refractivity contribution in [2.75, 3.05) is 26.2 Å².